The van der Waals surface area contributed by atoms with Crippen LogP contribution in [0.3, 0.4) is 0 Å². The Morgan fingerprint density at radius 3 is 1.71 bits per heavy atom. The van der Waals surface area contributed by atoms with Crippen LogP contribution in [0, 0.1) is 0 Å². The Kier molecular flexibility index (Phi) is 7.31. The maximum absolute atomic E-state index is 13.0. The number of hydrogen-bond donors (Lipinski definition) is 0. The topological polar surface area (TPSA) is 20.3 Å². The largest absolute Gasteiger partial charge is 0.460 e. The van der Waals surface area contributed by atoms with Gasteiger partial charge in [0.2, 0.25) is 5.91 Å². The zero-order valence-corrected chi connectivity index (χ0v) is 12.3. The lowest BCUT2D eigenvalue weighted by atomic mass is 10.3. The van der Waals surface area contributed by atoms with E-state index in [-0.39, 0.29) is 13.1 Å². The molecule has 0 atom stereocenters. The van der Waals surface area contributed by atoms with Gasteiger partial charge in [-0.15, -0.1) is 0 Å². The maximum atomic E-state index is 13.0. The number of hydrogen-bond acceptors (Lipinski definition) is 2. The summed E-state index contributed by atoms with van der Waals surface area (Å²) in [6.07, 6.45) is -5.34. The highest BCUT2D eigenvalue weighted by atomic mass is 32.2. The molecule has 0 aromatic rings. The third kappa shape index (κ3) is 5.23. The molecule has 0 spiro atoms. The summed E-state index contributed by atoms with van der Waals surface area (Å²) in [5, 5.41) is -5.40. The van der Waals surface area contributed by atoms with Crippen LogP contribution in [0.2, 0.25) is 0 Å². The first-order valence-electron chi connectivity index (χ1n) is 6.14. The van der Waals surface area contributed by atoms with Crippen molar-refractivity contribution in [1.82, 2.24) is 4.90 Å². The molecule has 0 aromatic heterocycles. The minimum absolute atomic E-state index is 0.231. The summed E-state index contributed by atoms with van der Waals surface area (Å²) in [6.45, 7) is 3.90. The van der Waals surface area contributed by atoms with E-state index in [1.54, 1.807) is 13.8 Å². The fourth-order valence-corrected chi connectivity index (χ4v) is 2.18. The van der Waals surface area contributed by atoms with Gasteiger partial charge in [0.05, 0.1) is 5.75 Å². The normalized spacial score (nSPS) is 13.4. The maximum Gasteiger partial charge on any atom is 0.460 e. The first-order chi connectivity index (χ1) is 9.40. The third-order valence-electron chi connectivity index (χ3n) is 2.44. The number of nitrogens with zero attached hydrogens (tertiary/aromatic N) is 1. The average Bonchev–Trinajstić information content (AvgIpc) is 2.34. The molecule has 0 N–H and O–H groups in total. The van der Waals surface area contributed by atoms with Crippen molar-refractivity contribution >= 4 is 17.7 Å². The summed E-state index contributed by atoms with van der Waals surface area (Å²) in [4.78, 5) is 12.8. The van der Waals surface area contributed by atoms with Crippen molar-refractivity contribution < 1.29 is 35.5 Å². The highest BCUT2D eigenvalue weighted by molar-refractivity contribution is 8.01. The minimum atomic E-state index is -6.38. The molecule has 0 aliphatic rings. The molecule has 0 rings (SSSR count). The molecule has 0 heterocycles. The van der Waals surface area contributed by atoms with Gasteiger partial charge in [-0.2, -0.15) is 30.7 Å². The van der Waals surface area contributed by atoms with Crippen LogP contribution in [-0.2, 0) is 4.79 Å². The summed E-state index contributed by atoms with van der Waals surface area (Å²) in [7, 11) is 0. The number of thioether (sulfide) groups is 1. The van der Waals surface area contributed by atoms with Crippen molar-refractivity contribution in [1.29, 1.82) is 0 Å². The zero-order chi connectivity index (χ0) is 16.9. The molecule has 0 saturated heterocycles. The van der Waals surface area contributed by atoms with Crippen LogP contribution in [-0.4, -0.2) is 47.0 Å². The minimum Gasteiger partial charge on any atom is -0.342 e. The summed E-state index contributed by atoms with van der Waals surface area (Å²) in [5.74, 6) is -8.22. The molecule has 0 aliphatic carbocycles. The molecule has 0 fully saturated rings. The molecule has 0 aliphatic heterocycles. The second-order valence-electron chi connectivity index (χ2n) is 4.26. The van der Waals surface area contributed by atoms with Crippen LogP contribution in [0.15, 0.2) is 0 Å². The van der Waals surface area contributed by atoms with E-state index in [0.717, 1.165) is 4.90 Å². The molecular weight excluding hydrogens is 327 g/mol. The standard InChI is InChI=1S/C11H16F7NOS/c1-3-5-19(6-4-2)8(20)7-21-11(17,18)9(12,13)10(14,15)16/h3-7H2,1-2H3. The van der Waals surface area contributed by atoms with E-state index in [2.05, 4.69) is 0 Å². The number of carbonyl (C=O) groups is 1. The van der Waals surface area contributed by atoms with E-state index < -0.39 is 40.8 Å². The highest BCUT2D eigenvalue weighted by Crippen LogP contribution is 2.51. The molecule has 0 bridgehead atoms. The summed E-state index contributed by atoms with van der Waals surface area (Å²) < 4.78 is 87.0. The van der Waals surface area contributed by atoms with Crippen LogP contribution in [0.25, 0.3) is 0 Å². The van der Waals surface area contributed by atoms with Crippen molar-refractivity contribution in [3.8, 4) is 0 Å². The molecule has 2 nitrogen and oxygen atoms in total. The van der Waals surface area contributed by atoms with Gasteiger partial charge in [-0.05, 0) is 12.8 Å². The van der Waals surface area contributed by atoms with Crippen molar-refractivity contribution in [2.24, 2.45) is 0 Å². The SMILES string of the molecule is CCCN(CCC)C(=O)CSC(F)(F)C(F)(F)C(F)(F)F. The molecule has 21 heavy (non-hydrogen) atoms. The Balaban J connectivity index is 4.78. The lowest BCUT2D eigenvalue weighted by molar-refractivity contribution is -0.330. The molecule has 10 heteroatoms. The van der Waals surface area contributed by atoms with E-state index in [9.17, 15) is 35.5 Å². The predicted octanol–water partition coefficient (Wildman–Crippen LogP) is 4.16. The van der Waals surface area contributed by atoms with Crippen molar-refractivity contribution in [3.63, 3.8) is 0 Å². The van der Waals surface area contributed by atoms with Gasteiger partial charge in [-0.25, -0.2) is 0 Å². The molecule has 0 aromatic carbocycles. The van der Waals surface area contributed by atoms with Crippen LogP contribution < -0.4 is 0 Å². The molecular formula is C11H16F7NOS. The van der Waals surface area contributed by atoms with Crippen molar-refractivity contribution in [2.45, 2.75) is 44.0 Å². The summed E-state index contributed by atoms with van der Waals surface area (Å²) in [5.41, 5.74) is 0. The number of alkyl halides is 7. The molecule has 1 amide bonds. The predicted molar refractivity (Wildman–Crippen MR) is 65.6 cm³/mol. The number of carbonyl (C=O) groups excluding carboxylic acids is 1. The second-order valence-corrected chi connectivity index (χ2v) is 5.35. The van der Waals surface area contributed by atoms with Gasteiger partial charge in [0, 0.05) is 13.1 Å². The van der Waals surface area contributed by atoms with E-state index in [0.29, 0.717) is 12.8 Å². The van der Waals surface area contributed by atoms with Crippen molar-refractivity contribution in [2.75, 3.05) is 18.8 Å². The Bertz CT molecular complexity index is 340. The monoisotopic (exact) mass is 343 g/mol. The summed E-state index contributed by atoms with van der Waals surface area (Å²) in [6, 6.07) is 0. The van der Waals surface area contributed by atoms with Gasteiger partial charge in [-0.1, -0.05) is 25.6 Å². The second kappa shape index (κ2) is 7.55. The van der Waals surface area contributed by atoms with E-state index in [4.69, 9.17) is 0 Å². The van der Waals surface area contributed by atoms with Gasteiger partial charge < -0.3 is 4.90 Å². The van der Waals surface area contributed by atoms with E-state index >= 15 is 0 Å². The smallest absolute Gasteiger partial charge is 0.342 e. The molecule has 0 saturated carbocycles. The Labute approximate surface area is 122 Å². The molecule has 0 radical (unpaired) electrons. The first-order valence-corrected chi connectivity index (χ1v) is 7.13. The van der Waals surface area contributed by atoms with Crippen LogP contribution in [0.4, 0.5) is 30.7 Å². The van der Waals surface area contributed by atoms with E-state index in [1.165, 1.54) is 0 Å². The Hall–Kier alpha value is -0.670. The van der Waals surface area contributed by atoms with E-state index in [1.807, 2.05) is 0 Å². The number of halogens is 7. The van der Waals surface area contributed by atoms with Gasteiger partial charge >= 0.3 is 17.4 Å². The van der Waals surface area contributed by atoms with Crippen LogP contribution >= 0.6 is 11.8 Å². The first kappa shape index (κ1) is 20.3. The van der Waals surface area contributed by atoms with Gasteiger partial charge in [0.15, 0.2) is 0 Å². The van der Waals surface area contributed by atoms with Crippen molar-refractivity contribution in [3.05, 3.63) is 0 Å². The Morgan fingerprint density at radius 1 is 0.952 bits per heavy atom. The van der Waals surface area contributed by atoms with Gasteiger partial charge in [0.1, 0.15) is 0 Å². The van der Waals surface area contributed by atoms with Crippen LogP contribution in [0.1, 0.15) is 26.7 Å². The molecule has 126 valence electrons. The summed E-state index contributed by atoms with van der Waals surface area (Å²) >= 11 is -0.994. The zero-order valence-electron chi connectivity index (χ0n) is 11.4. The number of rotatable bonds is 8. The fraction of sp³-hybridized carbons (Fsp3) is 0.909. The van der Waals surface area contributed by atoms with Gasteiger partial charge in [0.25, 0.3) is 0 Å². The average molecular weight is 343 g/mol. The highest BCUT2D eigenvalue weighted by Gasteiger charge is 2.73. The van der Waals surface area contributed by atoms with Crippen LogP contribution in [0.5, 0.6) is 0 Å². The number of amides is 1. The third-order valence-corrected chi connectivity index (χ3v) is 3.45. The quantitative estimate of drug-likeness (QED) is 0.617. The lowest BCUT2D eigenvalue weighted by Gasteiger charge is -2.28. The fourth-order valence-electron chi connectivity index (χ4n) is 1.40. The lowest BCUT2D eigenvalue weighted by Crippen LogP contribution is -2.50. The Morgan fingerprint density at radius 2 is 1.38 bits per heavy atom. The van der Waals surface area contributed by atoms with Gasteiger partial charge in [-0.3, -0.25) is 4.79 Å². The molecule has 0 unspecified atom stereocenters.